The Morgan fingerprint density at radius 1 is 0.762 bits per heavy atom. The molecule has 9 aliphatic rings. The van der Waals surface area contributed by atoms with Crippen LogP contribution < -0.4 is 10.6 Å². The molecule has 42 heavy (non-hydrogen) atoms. The molecule has 2 N–H and O–H groups in total. The molecule has 0 bridgehead atoms. The summed E-state index contributed by atoms with van der Waals surface area (Å²) in [5.41, 5.74) is 5.20. The van der Waals surface area contributed by atoms with Crippen LogP contribution >= 0.6 is 11.8 Å². The van der Waals surface area contributed by atoms with Gasteiger partial charge in [0.1, 0.15) is 6.29 Å². The average Bonchev–Trinajstić information content (AvgIpc) is 3.60. The van der Waals surface area contributed by atoms with Crippen molar-refractivity contribution in [2.24, 2.45) is 35.5 Å². The molecule has 3 aliphatic heterocycles. The van der Waals surface area contributed by atoms with Gasteiger partial charge in [0.2, 0.25) is 0 Å². The van der Waals surface area contributed by atoms with Crippen molar-refractivity contribution in [1.82, 2.24) is 15.5 Å². The standard InChI is InChI=1S/C38H49N3S/c1-2-10-24(11-3-1)25-18-20-26(21-19-25)36-29-13-4-7-15-31(29)39-38(40-36)41-32-16-8-5-14-30(32)35-33(41)23-22-28-27-12-6-9-17-34(27)42-37(28)35/h1-4,6-7,10,12-13,22-28,31,33-40H,5,8-9,11,14-21H2. The van der Waals surface area contributed by atoms with E-state index in [0.717, 1.165) is 46.5 Å². The molecule has 2 saturated heterocycles. The third-order valence-corrected chi connectivity index (χ3v) is 14.6. The highest BCUT2D eigenvalue weighted by molar-refractivity contribution is 8.00. The molecule has 1 saturated carbocycles. The molecule has 0 aromatic carbocycles. The quantitative estimate of drug-likeness (QED) is 0.334. The SMILES string of the molecule is C1=CCC2NC(N3C4=C(CCCC4)C4C5SC6CCC=CC6C5C=CC43)NC(C3CCC(C4C=CC=CC4)CC3)C2=C1. The van der Waals surface area contributed by atoms with Crippen LogP contribution in [0.1, 0.15) is 77.0 Å². The Labute approximate surface area is 257 Å². The fourth-order valence-electron chi connectivity index (χ4n) is 10.8. The molecule has 0 radical (unpaired) electrons. The number of hydrogen-bond acceptors (Lipinski definition) is 4. The van der Waals surface area contributed by atoms with Crippen molar-refractivity contribution >= 4 is 11.8 Å². The second kappa shape index (κ2) is 11.0. The number of thioether (sulfide) groups is 1. The minimum absolute atomic E-state index is 0.237. The lowest BCUT2D eigenvalue weighted by Gasteiger charge is -2.51. The fourth-order valence-corrected chi connectivity index (χ4v) is 12.9. The minimum atomic E-state index is 0.237. The molecule has 222 valence electrons. The lowest BCUT2D eigenvalue weighted by molar-refractivity contribution is 0.0777. The van der Waals surface area contributed by atoms with E-state index in [1.54, 1.807) is 11.3 Å². The van der Waals surface area contributed by atoms with E-state index < -0.39 is 0 Å². The number of nitrogens with zero attached hydrogens (tertiary/aromatic N) is 1. The topological polar surface area (TPSA) is 27.3 Å². The predicted molar refractivity (Wildman–Crippen MR) is 176 cm³/mol. The van der Waals surface area contributed by atoms with E-state index in [2.05, 4.69) is 94.1 Å². The van der Waals surface area contributed by atoms with Gasteiger partial charge in [0, 0.05) is 34.2 Å². The van der Waals surface area contributed by atoms with Crippen molar-refractivity contribution in [3.8, 4) is 0 Å². The smallest absolute Gasteiger partial charge is 0.136 e. The van der Waals surface area contributed by atoms with Gasteiger partial charge in [-0.2, -0.15) is 11.8 Å². The number of nitrogens with one attached hydrogen (secondary N) is 2. The zero-order valence-electron chi connectivity index (χ0n) is 25.1. The number of allylic oxidation sites excluding steroid dienone is 10. The maximum atomic E-state index is 4.34. The zero-order chi connectivity index (χ0) is 27.6. The van der Waals surface area contributed by atoms with Gasteiger partial charge in [0.05, 0.1) is 6.04 Å². The van der Waals surface area contributed by atoms with Gasteiger partial charge >= 0.3 is 0 Å². The largest absolute Gasteiger partial charge is 0.340 e. The van der Waals surface area contributed by atoms with Gasteiger partial charge in [0.25, 0.3) is 0 Å². The van der Waals surface area contributed by atoms with Gasteiger partial charge in [-0.15, -0.1) is 0 Å². The first-order valence-corrected chi connectivity index (χ1v) is 18.5. The molecule has 9 rings (SSSR count). The Bertz CT molecular complexity index is 1280. The number of rotatable bonds is 3. The summed E-state index contributed by atoms with van der Waals surface area (Å²) >= 11 is 2.38. The summed E-state index contributed by atoms with van der Waals surface area (Å²) in [7, 11) is 0. The average molecular weight is 580 g/mol. The molecule has 6 aliphatic carbocycles. The van der Waals surface area contributed by atoms with Gasteiger partial charge in [0.15, 0.2) is 0 Å². The van der Waals surface area contributed by atoms with Crippen LogP contribution in [0.25, 0.3) is 0 Å². The molecule has 0 aromatic rings. The lowest BCUT2D eigenvalue weighted by atomic mass is 9.70. The van der Waals surface area contributed by atoms with Crippen LogP contribution in [0, 0.1) is 35.5 Å². The summed E-state index contributed by atoms with van der Waals surface area (Å²) in [5.74, 6) is 4.59. The molecular formula is C38H49N3S. The maximum Gasteiger partial charge on any atom is 0.136 e. The van der Waals surface area contributed by atoms with E-state index in [0.29, 0.717) is 24.0 Å². The normalized spacial score (nSPS) is 47.0. The first kappa shape index (κ1) is 26.6. The molecule has 10 unspecified atom stereocenters. The van der Waals surface area contributed by atoms with Gasteiger partial charge in [-0.1, -0.05) is 66.8 Å². The van der Waals surface area contributed by atoms with Crippen LogP contribution in [0.5, 0.6) is 0 Å². The van der Waals surface area contributed by atoms with E-state index in [4.69, 9.17) is 0 Å². The highest BCUT2D eigenvalue weighted by Crippen LogP contribution is 2.59. The van der Waals surface area contributed by atoms with Crippen LogP contribution in [0.2, 0.25) is 0 Å². The van der Waals surface area contributed by atoms with Gasteiger partial charge < -0.3 is 4.90 Å². The second-order valence-electron chi connectivity index (χ2n) is 14.8. The molecule has 10 atom stereocenters. The van der Waals surface area contributed by atoms with E-state index in [9.17, 15) is 0 Å². The number of fused-ring (bicyclic) bond motifs is 7. The minimum Gasteiger partial charge on any atom is -0.340 e. The monoisotopic (exact) mass is 579 g/mol. The third-order valence-electron chi connectivity index (χ3n) is 12.8. The summed E-state index contributed by atoms with van der Waals surface area (Å²) in [5, 5.41) is 10.1. The van der Waals surface area contributed by atoms with Crippen molar-refractivity contribution in [1.29, 1.82) is 0 Å². The Morgan fingerprint density at radius 3 is 2.55 bits per heavy atom. The molecular weight excluding hydrogens is 531 g/mol. The molecule has 4 heteroatoms. The highest BCUT2D eigenvalue weighted by atomic mass is 32.2. The summed E-state index contributed by atoms with van der Waals surface area (Å²) in [6.07, 6.45) is 43.2. The van der Waals surface area contributed by atoms with Crippen LogP contribution in [0.4, 0.5) is 0 Å². The summed E-state index contributed by atoms with van der Waals surface area (Å²) in [6, 6.07) is 1.48. The molecule has 0 spiro atoms. The summed E-state index contributed by atoms with van der Waals surface area (Å²) in [6.45, 7) is 0. The van der Waals surface area contributed by atoms with E-state index in [1.807, 2.05) is 5.57 Å². The summed E-state index contributed by atoms with van der Waals surface area (Å²) in [4.78, 5) is 2.90. The molecule has 3 fully saturated rings. The first-order chi connectivity index (χ1) is 20.8. The first-order valence-electron chi connectivity index (χ1n) is 17.6. The summed E-state index contributed by atoms with van der Waals surface area (Å²) < 4.78 is 0. The van der Waals surface area contributed by atoms with E-state index >= 15 is 0 Å². The Balaban J connectivity index is 0.995. The van der Waals surface area contributed by atoms with Crippen LogP contribution in [-0.4, -0.2) is 39.8 Å². The van der Waals surface area contributed by atoms with Gasteiger partial charge in [-0.05, 0) is 118 Å². The predicted octanol–water partition coefficient (Wildman–Crippen LogP) is 7.79. The third kappa shape index (κ3) is 4.37. The molecule has 3 nitrogen and oxygen atoms in total. The van der Waals surface area contributed by atoms with Crippen molar-refractivity contribution in [2.75, 3.05) is 0 Å². The van der Waals surface area contributed by atoms with Gasteiger partial charge in [-0.3, -0.25) is 10.6 Å². The number of hydrogen-bond donors (Lipinski definition) is 2. The lowest BCUT2D eigenvalue weighted by Crippen LogP contribution is -2.68. The highest BCUT2D eigenvalue weighted by Gasteiger charge is 2.55. The maximum absolute atomic E-state index is 4.34. The Kier molecular flexibility index (Phi) is 6.98. The molecule has 0 amide bonds. The van der Waals surface area contributed by atoms with Crippen LogP contribution in [0.3, 0.4) is 0 Å². The molecule has 3 heterocycles. The Morgan fingerprint density at radius 2 is 1.64 bits per heavy atom. The Hall–Kier alpha value is -1.75. The van der Waals surface area contributed by atoms with E-state index in [-0.39, 0.29) is 6.29 Å². The molecule has 0 aromatic heterocycles. The van der Waals surface area contributed by atoms with Crippen molar-refractivity contribution < 1.29 is 0 Å². The fraction of sp³-hybridized carbons (Fsp3) is 0.632. The van der Waals surface area contributed by atoms with Crippen molar-refractivity contribution in [2.45, 2.75) is 112 Å². The van der Waals surface area contributed by atoms with Crippen molar-refractivity contribution in [3.05, 3.63) is 83.7 Å². The van der Waals surface area contributed by atoms with Crippen LogP contribution in [-0.2, 0) is 0 Å². The second-order valence-corrected chi connectivity index (χ2v) is 16.2. The van der Waals surface area contributed by atoms with Gasteiger partial charge in [-0.25, -0.2) is 0 Å². The zero-order valence-corrected chi connectivity index (χ0v) is 25.9. The van der Waals surface area contributed by atoms with Crippen LogP contribution in [0.15, 0.2) is 83.7 Å². The van der Waals surface area contributed by atoms with E-state index in [1.165, 1.54) is 70.6 Å². The van der Waals surface area contributed by atoms with Crippen molar-refractivity contribution in [3.63, 3.8) is 0 Å².